The Bertz CT molecular complexity index is 763. The van der Waals surface area contributed by atoms with E-state index in [1.54, 1.807) is 0 Å². The molecule has 3 unspecified atom stereocenters. The fraction of sp³-hybridized carbons (Fsp3) is 0.667. The van der Waals surface area contributed by atoms with Gasteiger partial charge in [-0.15, -0.1) is 10.2 Å². The van der Waals surface area contributed by atoms with Crippen LogP contribution in [0.4, 0.5) is 5.13 Å². The number of likely N-dealkylation sites (tertiary alicyclic amines) is 1. The van der Waals surface area contributed by atoms with Crippen LogP contribution >= 0.6 is 11.3 Å². The van der Waals surface area contributed by atoms with Crippen LogP contribution in [0.1, 0.15) is 64.3 Å². The van der Waals surface area contributed by atoms with Gasteiger partial charge in [-0.1, -0.05) is 57.1 Å². The molecule has 3 atom stereocenters. The molecular formula is C21H30N4O3S. The minimum Gasteiger partial charge on any atom is -0.299 e. The number of nitrogens with zero attached hydrogens (tertiary/aromatic N) is 3. The summed E-state index contributed by atoms with van der Waals surface area (Å²) in [6.07, 6.45) is 9.63. The molecule has 0 saturated carbocycles. The van der Waals surface area contributed by atoms with E-state index in [1.807, 2.05) is 26.0 Å². The molecule has 0 radical (unpaired) electrons. The normalized spacial score (nSPS) is 22.3. The number of nitrogens with one attached hydrogen (secondary N) is 1. The number of imide groups is 1. The number of rotatable bonds is 9. The van der Waals surface area contributed by atoms with Gasteiger partial charge in [-0.25, -0.2) is 0 Å². The van der Waals surface area contributed by atoms with Crippen LogP contribution in [-0.4, -0.2) is 38.9 Å². The zero-order valence-corrected chi connectivity index (χ0v) is 18.2. The molecule has 158 valence electrons. The standard InChI is InChI=1S/C21H30N4O3S/c1-4-5-6-11-17-23-24-21(29-17)22-18(26)16(12-13(2)3)25-19(27)14-9-7-8-10-15(14)20(25)28/h7-8,13-16H,4-6,9-12H2,1-3H3,(H,22,24,26). The Labute approximate surface area is 176 Å². The third kappa shape index (κ3) is 4.91. The van der Waals surface area contributed by atoms with E-state index in [4.69, 9.17) is 0 Å². The summed E-state index contributed by atoms with van der Waals surface area (Å²) in [5.74, 6) is -1.30. The molecule has 29 heavy (non-hydrogen) atoms. The predicted octanol–water partition coefficient (Wildman–Crippen LogP) is 3.58. The van der Waals surface area contributed by atoms with Gasteiger partial charge in [0.05, 0.1) is 11.8 Å². The van der Waals surface area contributed by atoms with Crippen molar-refractivity contribution in [2.45, 2.75) is 71.8 Å². The fourth-order valence-electron chi connectivity index (χ4n) is 4.03. The first kappa shape index (κ1) is 21.6. The zero-order valence-electron chi connectivity index (χ0n) is 17.4. The lowest BCUT2D eigenvalue weighted by Gasteiger charge is -2.26. The van der Waals surface area contributed by atoms with E-state index >= 15 is 0 Å². The molecule has 0 aromatic carbocycles. The molecule has 1 fully saturated rings. The maximum Gasteiger partial charge on any atom is 0.249 e. The molecule has 2 aliphatic rings. The van der Waals surface area contributed by atoms with Gasteiger partial charge in [0.25, 0.3) is 0 Å². The quantitative estimate of drug-likeness (QED) is 0.376. The Hall–Kier alpha value is -2.09. The molecule has 1 saturated heterocycles. The van der Waals surface area contributed by atoms with E-state index in [0.717, 1.165) is 30.7 Å². The van der Waals surface area contributed by atoms with Crippen LogP contribution in [0.2, 0.25) is 0 Å². The van der Waals surface area contributed by atoms with Crippen molar-refractivity contribution in [3.63, 3.8) is 0 Å². The third-order valence-electron chi connectivity index (χ3n) is 5.54. The topological polar surface area (TPSA) is 92.3 Å². The number of aromatic nitrogens is 2. The monoisotopic (exact) mass is 418 g/mol. The van der Waals surface area contributed by atoms with Gasteiger partial charge in [-0.2, -0.15) is 0 Å². The summed E-state index contributed by atoms with van der Waals surface area (Å²) in [7, 11) is 0. The van der Waals surface area contributed by atoms with Crippen molar-refractivity contribution in [3.8, 4) is 0 Å². The first-order valence-electron chi connectivity index (χ1n) is 10.6. The lowest BCUT2D eigenvalue weighted by Crippen LogP contribution is -2.48. The number of aryl methyl sites for hydroxylation is 1. The second-order valence-corrected chi connectivity index (χ2v) is 9.36. The van der Waals surface area contributed by atoms with Crippen molar-refractivity contribution >= 4 is 34.2 Å². The Morgan fingerprint density at radius 1 is 1.17 bits per heavy atom. The van der Waals surface area contributed by atoms with Crippen LogP contribution in [0.25, 0.3) is 0 Å². The average molecular weight is 419 g/mol. The average Bonchev–Trinajstić information content (AvgIpc) is 3.23. The van der Waals surface area contributed by atoms with Crippen molar-refractivity contribution in [2.75, 3.05) is 5.32 Å². The highest BCUT2D eigenvalue weighted by Gasteiger charge is 2.51. The van der Waals surface area contributed by atoms with Crippen LogP contribution in [0, 0.1) is 17.8 Å². The summed E-state index contributed by atoms with van der Waals surface area (Å²) >= 11 is 1.36. The van der Waals surface area contributed by atoms with E-state index in [0.29, 0.717) is 24.4 Å². The number of carbonyl (C=O) groups is 3. The smallest absolute Gasteiger partial charge is 0.249 e. The van der Waals surface area contributed by atoms with Gasteiger partial charge in [-0.05, 0) is 31.6 Å². The highest BCUT2D eigenvalue weighted by Crippen LogP contribution is 2.37. The minimum absolute atomic E-state index is 0.158. The zero-order chi connectivity index (χ0) is 21.0. The number of hydrogen-bond donors (Lipinski definition) is 1. The number of carbonyl (C=O) groups excluding carboxylic acids is 3. The molecule has 1 aromatic heterocycles. The molecule has 2 heterocycles. The van der Waals surface area contributed by atoms with Crippen molar-refractivity contribution in [1.29, 1.82) is 0 Å². The van der Waals surface area contributed by atoms with Crippen LogP contribution in [-0.2, 0) is 20.8 Å². The van der Waals surface area contributed by atoms with Gasteiger partial charge in [0, 0.05) is 6.42 Å². The van der Waals surface area contributed by atoms with E-state index < -0.39 is 6.04 Å². The van der Waals surface area contributed by atoms with Crippen molar-refractivity contribution in [2.24, 2.45) is 17.8 Å². The van der Waals surface area contributed by atoms with E-state index in [2.05, 4.69) is 22.4 Å². The molecule has 3 rings (SSSR count). The minimum atomic E-state index is -0.812. The van der Waals surface area contributed by atoms with Crippen molar-refractivity contribution < 1.29 is 14.4 Å². The largest absolute Gasteiger partial charge is 0.299 e. The summed E-state index contributed by atoms with van der Waals surface area (Å²) in [5, 5.41) is 12.3. The molecule has 1 N–H and O–H groups in total. The molecular weight excluding hydrogens is 388 g/mol. The summed E-state index contributed by atoms with van der Waals surface area (Å²) in [6, 6.07) is -0.812. The first-order valence-corrected chi connectivity index (χ1v) is 11.4. The van der Waals surface area contributed by atoms with E-state index in [9.17, 15) is 14.4 Å². The predicted molar refractivity (Wildman–Crippen MR) is 112 cm³/mol. The third-order valence-corrected chi connectivity index (χ3v) is 6.44. The van der Waals surface area contributed by atoms with Crippen LogP contribution < -0.4 is 5.32 Å². The number of allylic oxidation sites excluding steroid dienone is 2. The SMILES string of the molecule is CCCCCc1nnc(NC(=O)C(CC(C)C)N2C(=O)C3CC=CCC3C2=O)s1. The molecule has 1 aromatic rings. The van der Waals surface area contributed by atoms with Gasteiger partial charge in [-0.3, -0.25) is 24.6 Å². The van der Waals surface area contributed by atoms with Gasteiger partial charge in [0.1, 0.15) is 11.0 Å². The fourth-order valence-corrected chi connectivity index (χ4v) is 4.81. The molecule has 0 bridgehead atoms. The van der Waals surface area contributed by atoms with Gasteiger partial charge < -0.3 is 0 Å². The Morgan fingerprint density at radius 3 is 2.41 bits per heavy atom. The highest BCUT2D eigenvalue weighted by molar-refractivity contribution is 7.15. The summed E-state index contributed by atoms with van der Waals surface area (Å²) < 4.78 is 0. The summed E-state index contributed by atoms with van der Waals surface area (Å²) in [6.45, 7) is 6.11. The van der Waals surface area contributed by atoms with Crippen LogP contribution in [0.3, 0.4) is 0 Å². The Kier molecular flexibility index (Phi) is 7.16. The lowest BCUT2D eigenvalue weighted by molar-refractivity contribution is -0.147. The maximum absolute atomic E-state index is 13.1. The molecule has 0 spiro atoms. The number of amides is 3. The molecule has 1 aliphatic heterocycles. The van der Waals surface area contributed by atoms with Gasteiger partial charge in [0.15, 0.2) is 0 Å². The summed E-state index contributed by atoms with van der Waals surface area (Å²) in [5.41, 5.74) is 0. The lowest BCUT2D eigenvalue weighted by atomic mass is 9.85. The van der Waals surface area contributed by atoms with E-state index in [1.165, 1.54) is 16.2 Å². The molecule has 7 nitrogen and oxygen atoms in total. The number of unbranched alkanes of at least 4 members (excludes halogenated alkanes) is 2. The number of fused-ring (bicyclic) bond motifs is 1. The van der Waals surface area contributed by atoms with Crippen molar-refractivity contribution in [3.05, 3.63) is 17.2 Å². The second kappa shape index (κ2) is 9.61. The molecule has 8 heteroatoms. The number of hydrogen-bond acceptors (Lipinski definition) is 6. The van der Waals surface area contributed by atoms with Crippen LogP contribution in [0.5, 0.6) is 0 Å². The maximum atomic E-state index is 13.1. The van der Waals surface area contributed by atoms with E-state index in [-0.39, 0.29) is 35.5 Å². The van der Waals surface area contributed by atoms with Gasteiger partial charge >= 0.3 is 0 Å². The molecule has 3 amide bonds. The highest BCUT2D eigenvalue weighted by atomic mass is 32.1. The second-order valence-electron chi connectivity index (χ2n) is 8.29. The summed E-state index contributed by atoms with van der Waals surface area (Å²) in [4.78, 5) is 40.2. The molecule has 1 aliphatic carbocycles. The Balaban J connectivity index is 1.72. The first-order chi connectivity index (χ1) is 13.9. The van der Waals surface area contributed by atoms with Crippen LogP contribution in [0.15, 0.2) is 12.2 Å². The van der Waals surface area contributed by atoms with Gasteiger partial charge in [0.2, 0.25) is 22.9 Å². The Morgan fingerprint density at radius 2 is 1.83 bits per heavy atom. The van der Waals surface area contributed by atoms with Crippen molar-refractivity contribution in [1.82, 2.24) is 15.1 Å². The number of anilines is 1.